The van der Waals surface area contributed by atoms with Crippen LogP contribution in [-0.2, 0) is 17.6 Å². The fourth-order valence-electron chi connectivity index (χ4n) is 2.77. The van der Waals surface area contributed by atoms with E-state index in [0.717, 1.165) is 37.7 Å². The first kappa shape index (κ1) is 23.8. The van der Waals surface area contributed by atoms with Gasteiger partial charge in [0.05, 0.1) is 18.3 Å². The standard InChI is InChI=1S/C18H23FN4O2.C6H6/c19-15-11-16(18(20)23-12-15)22-8-1-7-21-9-6-13-2-4-14(5-3-13)10-17(24)25;1-2-4-6-5-3-1/h2-5,11-12,21-22H,1,6-10H2,(H2,20,23)(H,24,25);1-6H. The summed E-state index contributed by atoms with van der Waals surface area (Å²) in [6, 6.07) is 21.0. The number of aliphatic carboxylic acids is 1. The Morgan fingerprint density at radius 2 is 1.58 bits per heavy atom. The predicted molar refractivity (Wildman–Crippen MR) is 123 cm³/mol. The van der Waals surface area contributed by atoms with Gasteiger partial charge in [0.2, 0.25) is 0 Å². The van der Waals surface area contributed by atoms with Crippen molar-refractivity contribution in [3.8, 4) is 0 Å². The molecule has 3 rings (SSSR count). The van der Waals surface area contributed by atoms with Gasteiger partial charge >= 0.3 is 5.97 Å². The van der Waals surface area contributed by atoms with Crippen LogP contribution in [0.1, 0.15) is 17.5 Å². The fourth-order valence-corrected chi connectivity index (χ4v) is 2.77. The Balaban J connectivity index is 0.000000488. The topological polar surface area (TPSA) is 100 Å². The van der Waals surface area contributed by atoms with Gasteiger partial charge in [-0.05, 0) is 37.1 Å². The van der Waals surface area contributed by atoms with Crippen LogP contribution in [-0.4, -0.2) is 35.7 Å². The van der Waals surface area contributed by atoms with Crippen molar-refractivity contribution < 1.29 is 14.3 Å². The highest BCUT2D eigenvalue weighted by Crippen LogP contribution is 2.15. The second-order valence-corrected chi connectivity index (χ2v) is 6.91. The van der Waals surface area contributed by atoms with E-state index in [-0.39, 0.29) is 6.42 Å². The highest BCUT2D eigenvalue weighted by molar-refractivity contribution is 5.70. The van der Waals surface area contributed by atoms with E-state index in [1.807, 2.05) is 60.7 Å². The van der Waals surface area contributed by atoms with Crippen molar-refractivity contribution in [2.45, 2.75) is 19.3 Å². The zero-order chi connectivity index (χ0) is 22.3. The molecule has 7 heteroatoms. The normalized spacial score (nSPS) is 10.1. The lowest BCUT2D eigenvalue weighted by Crippen LogP contribution is -2.21. The molecule has 0 spiro atoms. The molecule has 5 N–H and O–H groups in total. The molecule has 0 fully saturated rings. The summed E-state index contributed by atoms with van der Waals surface area (Å²) >= 11 is 0. The number of nitrogen functional groups attached to an aromatic ring is 1. The van der Waals surface area contributed by atoms with Gasteiger partial charge in [-0.3, -0.25) is 4.79 Å². The monoisotopic (exact) mass is 424 g/mol. The maximum Gasteiger partial charge on any atom is 0.307 e. The van der Waals surface area contributed by atoms with E-state index in [9.17, 15) is 9.18 Å². The van der Waals surface area contributed by atoms with E-state index in [1.54, 1.807) is 0 Å². The van der Waals surface area contributed by atoms with Crippen LogP contribution in [0.4, 0.5) is 15.9 Å². The SMILES string of the molecule is Nc1ncc(F)cc1NCCCNCCc1ccc(CC(=O)O)cc1.c1ccccc1. The van der Waals surface area contributed by atoms with Crippen LogP contribution in [0.5, 0.6) is 0 Å². The van der Waals surface area contributed by atoms with E-state index in [2.05, 4.69) is 15.6 Å². The number of nitrogens with one attached hydrogen (secondary N) is 2. The Bertz CT molecular complexity index is 879. The van der Waals surface area contributed by atoms with Crippen molar-refractivity contribution in [1.82, 2.24) is 10.3 Å². The molecule has 0 aliphatic heterocycles. The third kappa shape index (κ3) is 10.2. The largest absolute Gasteiger partial charge is 0.481 e. The number of rotatable bonds is 10. The Kier molecular flexibility index (Phi) is 10.5. The molecule has 164 valence electrons. The van der Waals surface area contributed by atoms with Gasteiger partial charge in [0.1, 0.15) is 11.6 Å². The first-order valence-electron chi connectivity index (χ1n) is 10.2. The molecule has 0 bridgehead atoms. The zero-order valence-corrected chi connectivity index (χ0v) is 17.4. The van der Waals surface area contributed by atoms with Crippen molar-refractivity contribution in [3.05, 3.63) is 89.9 Å². The first-order valence-corrected chi connectivity index (χ1v) is 10.2. The van der Waals surface area contributed by atoms with Gasteiger partial charge in [0.25, 0.3) is 0 Å². The molecule has 0 saturated heterocycles. The van der Waals surface area contributed by atoms with E-state index in [0.29, 0.717) is 18.1 Å². The van der Waals surface area contributed by atoms with Crippen molar-refractivity contribution in [3.63, 3.8) is 0 Å². The number of aromatic nitrogens is 1. The Morgan fingerprint density at radius 3 is 2.19 bits per heavy atom. The third-order valence-electron chi connectivity index (χ3n) is 4.37. The summed E-state index contributed by atoms with van der Waals surface area (Å²) in [7, 11) is 0. The van der Waals surface area contributed by atoms with E-state index >= 15 is 0 Å². The van der Waals surface area contributed by atoms with Crippen molar-refractivity contribution >= 4 is 17.5 Å². The summed E-state index contributed by atoms with van der Waals surface area (Å²) in [4.78, 5) is 14.4. The molecule has 31 heavy (non-hydrogen) atoms. The van der Waals surface area contributed by atoms with Gasteiger partial charge in [-0.2, -0.15) is 0 Å². The first-order chi connectivity index (χ1) is 15.0. The molecule has 0 saturated carbocycles. The lowest BCUT2D eigenvalue weighted by Gasteiger charge is -2.09. The lowest BCUT2D eigenvalue weighted by atomic mass is 10.1. The Morgan fingerprint density at radius 1 is 0.968 bits per heavy atom. The van der Waals surface area contributed by atoms with Crippen LogP contribution in [0.2, 0.25) is 0 Å². The lowest BCUT2D eigenvalue weighted by molar-refractivity contribution is -0.136. The molecular weight excluding hydrogens is 395 g/mol. The van der Waals surface area contributed by atoms with Gasteiger partial charge < -0.3 is 21.5 Å². The predicted octanol–water partition coefficient (Wildman–Crippen LogP) is 3.75. The molecule has 6 nitrogen and oxygen atoms in total. The number of nitrogens with two attached hydrogens (primary N) is 1. The summed E-state index contributed by atoms with van der Waals surface area (Å²) in [5.74, 6) is -0.941. The minimum absolute atomic E-state index is 0.0525. The Hall–Kier alpha value is -3.45. The van der Waals surface area contributed by atoms with Crippen LogP contribution in [0, 0.1) is 5.82 Å². The third-order valence-corrected chi connectivity index (χ3v) is 4.37. The zero-order valence-electron chi connectivity index (χ0n) is 17.4. The second kappa shape index (κ2) is 13.7. The van der Waals surface area contributed by atoms with Crippen LogP contribution in [0.15, 0.2) is 72.9 Å². The number of hydrogen-bond donors (Lipinski definition) is 4. The number of carbonyl (C=O) groups is 1. The molecule has 0 aliphatic carbocycles. The van der Waals surface area contributed by atoms with Gasteiger partial charge in [0.15, 0.2) is 0 Å². The number of hydrogen-bond acceptors (Lipinski definition) is 5. The number of benzene rings is 2. The maximum atomic E-state index is 13.1. The number of halogens is 1. The highest BCUT2D eigenvalue weighted by atomic mass is 19.1. The molecule has 2 aromatic carbocycles. The number of anilines is 2. The highest BCUT2D eigenvalue weighted by Gasteiger charge is 2.02. The molecule has 3 aromatic rings. The van der Waals surface area contributed by atoms with Crippen LogP contribution in [0.3, 0.4) is 0 Å². The molecule has 0 radical (unpaired) electrons. The maximum absolute atomic E-state index is 13.1. The number of carboxylic acids is 1. The molecule has 0 atom stereocenters. The molecule has 0 amide bonds. The van der Waals surface area contributed by atoms with E-state index in [4.69, 9.17) is 10.8 Å². The molecule has 1 aromatic heterocycles. The smallest absolute Gasteiger partial charge is 0.307 e. The molecule has 1 heterocycles. The summed E-state index contributed by atoms with van der Waals surface area (Å²) in [5.41, 5.74) is 8.15. The minimum atomic E-state index is -0.821. The summed E-state index contributed by atoms with van der Waals surface area (Å²) in [5, 5.41) is 15.1. The molecular formula is C24H29FN4O2. The van der Waals surface area contributed by atoms with Gasteiger partial charge in [-0.15, -0.1) is 0 Å². The van der Waals surface area contributed by atoms with Gasteiger partial charge in [-0.25, -0.2) is 9.37 Å². The van der Waals surface area contributed by atoms with Gasteiger partial charge in [0, 0.05) is 12.6 Å². The van der Waals surface area contributed by atoms with Crippen molar-refractivity contribution in [1.29, 1.82) is 0 Å². The number of carboxylic acid groups (broad SMARTS) is 1. The fraction of sp³-hybridized carbons (Fsp3) is 0.250. The average Bonchev–Trinajstić information content (AvgIpc) is 2.78. The summed E-state index contributed by atoms with van der Waals surface area (Å²) in [6.45, 7) is 2.33. The molecule has 0 unspecified atom stereocenters. The number of pyridine rings is 1. The summed E-state index contributed by atoms with van der Waals surface area (Å²) in [6.07, 6.45) is 2.89. The Labute approximate surface area is 182 Å². The minimum Gasteiger partial charge on any atom is -0.481 e. The second-order valence-electron chi connectivity index (χ2n) is 6.91. The number of nitrogens with zero attached hydrogens (tertiary/aromatic N) is 1. The van der Waals surface area contributed by atoms with E-state index in [1.165, 1.54) is 11.6 Å². The average molecular weight is 425 g/mol. The van der Waals surface area contributed by atoms with E-state index < -0.39 is 11.8 Å². The molecule has 0 aliphatic rings. The van der Waals surface area contributed by atoms with Crippen molar-refractivity contribution in [2.75, 3.05) is 30.7 Å². The summed E-state index contributed by atoms with van der Waals surface area (Å²) < 4.78 is 13.1. The van der Waals surface area contributed by atoms with Crippen LogP contribution in [0.25, 0.3) is 0 Å². The van der Waals surface area contributed by atoms with Gasteiger partial charge in [-0.1, -0.05) is 60.7 Å². The van der Waals surface area contributed by atoms with Crippen LogP contribution >= 0.6 is 0 Å². The van der Waals surface area contributed by atoms with Crippen molar-refractivity contribution in [2.24, 2.45) is 0 Å². The van der Waals surface area contributed by atoms with Crippen LogP contribution < -0.4 is 16.4 Å². The quantitative estimate of drug-likeness (QED) is 0.370.